The normalized spacial score (nSPS) is 21.8. The van der Waals surface area contributed by atoms with Crippen molar-refractivity contribution in [1.29, 1.82) is 0 Å². The predicted octanol–water partition coefficient (Wildman–Crippen LogP) is 1.84. The maximum atomic E-state index is 13.1. The highest BCUT2D eigenvalue weighted by Crippen LogP contribution is 2.23. The van der Waals surface area contributed by atoms with E-state index in [1.807, 2.05) is 30.3 Å². The molecule has 0 aliphatic carbocycles. The van der Waals surface area contributed by atoms with Crippen LogP contribution < -0.4 is 10.9 Å². The molecule has 2 amide bonds. The van der Waals surface area contributed by atoms with Crippen LogP contribution in [0.5, 0.6) is 0 Å². The molecule has 2 heterocycles. The minimum absolute atomic E-state index is 0.0108. The first-order valence-corrected chi connectivity index (χ1v) is 7.67. The average Bonchev–Trinajstić information content (AvgIpc) is 2.57. The van der Waals surface area contributed by atoms with Crippen molar-refractivity contribution in [2.45, 2.75) is 25.8 Å². The number of benzene rings is 2. The number of carbonyl (C=O) groups excluding carboxylic acids is 2. The van der Waals surface area contributed by atoms with Crippen LogP contribution >= 0.6 is 0 Å². The zero-order valence-corrected chi connectivity index (χ0v) is 13.0. The number of piperidine rings is 1. The minimum atomic E-state index is -1.87. The van der Waals surface area contributed by atoms with Crippen LogP contribution in [-0.2, 0) is 9.59 Å². The second kappa shape index (κ2) is 5.26. The number of hydrogen-bond acceptors (Lipinski definition) is 4. The highest BCUT2D eigenvalue weighted by atomic mass is 16.2. The third kappa shape index (κ3) is 2.19. The van der Waals surface area contributed by atoms with E-state index >= 15 is 0 Å². The van der Waals surface area contributed by atoms with E-state index in [9.17, 15) is 14.4 Å². The van der Waals surface area contributed by atoms with Gasteiger partial charge in [-0.2, -0.15) is 0 Å². The summed E-state index contributed by atoms with van der Waals surface area (Å²) in [7, 11) is 0. The zero-order chi connectivity index (χ0) is 17.8. The van der Waals surface area contributed by atoms with Crippen molar-refractivity contribution in [3.63, 3.8) is 0 Å². The van der Waals surface area contributed by atoms with Gasteiger partial charge in [0.2, 0.25) is 11.8 Å². The molecule has 0 unspecified atom stereocenters. The summed E-state index contributed by atoms with van der Waals surface area (Å²) in [5, 5.41) is 4.34. The molecule has 6 nitrogen and oxygen atoms in total. The van der Waals surface area contributed by atoms with E-state index in [0.717, 1.165) is 15.3 Å². The van der Waals surface area contributed by atoms with Gasteiger partial charge in [0.05, 0.1) is 12.3 Å². The Morgan fingerprint density at radius 2 is 1.92 bits per heavy atom. The molecule has 1 aromatic heterocycles. The summed E-state index contributed by atoms with van der Waals surface area (Å²) in [5.74, 6) is -0.957. The van der Waals surface area contributed by atoms with Crippen molar-refractivity contribution < 1.29 is 11.0 Å². The third-order valence-corrected chi connectivity index (χ3v) is 4.28. The van der Waals surface area contributed by atoms with Crippen molar-refractivity contribution in [1.82, 2.24) is 14.9 Å². The topological polar surface area (TPSA) is 81.1 Å². The number of imide groups is 1. The number of hydrogen-bond donors (Lipinski definition) is 1. The lowest BCUT2D eigenvalue weighted by Gasteiger charge is -2.24. The fourth-order valence-corrected chi connectivity index (χ4v) is 3.12. The van der Waals surface area contributed by atoms with Crippen LogP contribution in [-0.4, -0.2) is 21.4 Å². The molecular weight excluding hydrogens is 306 g/mol. The molecule has 1 saturated heterocycles. The third-order valence-electron chi connectivity index (χ3n) is 4.28. The first-order valence-electron chi connectivity index (χ1n) is 8.17. The SMILES string of the molecule is [2H][C@@]1(n2c(C)nc3cc4ccccc4cc3c2=O)CCC(=O)NC1=O. The number of aromatic nitrogens is 2. The molecule has 6 heteroatoms. The molecule has 2 aromatic carbocycles. The van der Waals surface area contributed by atoms with Crippen molar-refractivity contribution >= 4 is 33.5 Å². The Morgan fingerprint density at radius 3 is 2.62 bits per heavy atom. The molecule has 3 aromatic rings. The fourth-order valence-electron chi connectivity index (χ4n) is 3.12. The maximum absolute atomic E-state index is 13.1. The molecule has 1 atom stereocenters. The van der Waals surface area contributed by atoms with E-state index in [-0.39, 0.29) is 18.7 Å². The average molecular weight is 322 g/mol. The Labute approximate surface area is 138 Å². The molecule has 1 aliphatic heterocycles. The Bertz CT molecular complexity index is 1120. The van der Waals surface area contributed by atoms with E-state index in [4.69, 9.17) is 1.37 Å². The molecule has 0 spiro atoms. The summed E-state index contributed by atoms with van der Waals surface area (Å²) in [5.41, 5.74) is 0.0705. The van der Waals surface area contributed by atoms with Crippen LogP contribution in [0.25, 0.3) is 21.7 Å². The predicted molar refractivity (Wildman–Crippen MR) is 89.7 cm³/mol. The van der Waals surface area contributed by atoms with Crippen LogP contribution in [0.3, 0.4) is 0 Å². The number of nitrogens with one attached hydrogen (secondary N) is 1. The summed E-state index contributed by atoms with van der Waals surface area (Å²) < 4.78 is 9.63. The molecule has 0 saturated carbocycles. The van der Waals surface area contributed by atoms with E-state index < -0.39 is 23.4 Å². The summed E-state index contributed by atoms with van der Waals surface area (Å²) in [6.07, 6.45) is -0.0456. The van der Waals surface area contributed by atoms with Gasteiger partial charge < -0.3 is 0 Å². The van der Waals surface area contributed by atoms with Gasteiger partial charge in [0.15, 0.2) is 0 Å². The van der Waals surface area contributed by atoms with Crippen molar-refractivity contribution in [2.75, 3.05) is 0 Å². The lowest BCUT2D eigenvalue weighted by molar-refractivity contribution is -0.135. The van der Waals surface area contributed by atoms with Gasteiger partial charge in [0.25, 0.3) is 5.56 Å². The molecule has 24 heavy (non-hydrogen) atoms. The summed E-state index contributed by atoms with van der Waals surface area (Å²) >= 11 is 0. The van der Waals surface area contributed by atoms with Gasteiger partial charge in [-0.15, -0.1) is 0 Å². The number of rotatable bonds is 1. The molecule has 120 valence electrons. The molecule has 1 aliphatic rings. The quantitative estimate of drug-likeness (QED) is 0.547. The Morgan fingerprint density at radius 1 is 1.21 bits per heavy atom. The second-order valence-corrected chi connectivity index (χ2v) is 5.84. The molecule has 1 N–H and O–H groups in total. The molecule has 0 radical (unpaired) electrons. The zero-order valence-electron chi connectivity index (χ0n) is 14.0. The lowest BCUT2D eigenvalue weighted by atomic mass is 10.0. The molecule has 0 bridgehead atoms. The van der Waals surface area contributed by atoms with Gasteiger partial charge in [-0.25, -0.2) is 4.98 Å². The lowest BCUT2D eigenvalue weighted by Crippen LogP contribution is -2.45. The van der Waals surface area contributed by atoms with Gasteiger partial charge in [-0.1, -0.05) is 24.3 Å². The van der Waals surface area contributed by atoms with E-state index in [1.165, 1.54) is 0 Å². The van der Waals surface area contributed by atoms with Gasteiger partial charge in [-0.05, 0) is 36.2 Å². The van der Waals surface area contributed by atoms with Crippen LogP contribution in [0.4, 0.5) is 0 Å². The molecular formula is C18H15N3O3. The minimum Gasteiger partial charge on any atom is -0.295 e. The van der Waals surface area contributed by atoms with Crippen LogP contribution in [0.2, 0.25) is 0 Å². The fraction of sp³-hybridized carbons (Fsp3) is 0.222. The standard InChI is InChI=1S/C18H15N3O3/c1-10-19-14-9-12-5-3-2-4-11(12)8-13(14)18(24)21(10)15-6-7-16(22)20-17(15)23/h2-5,8-9,15H,6-7H2,1H3,(H,20,22,23)/t15-/m1/s1/i15D. The number of aryl methyl sites for hydroxylation is 1. The van der Waals surface area contributed by atoms with Crippen molar-refractivity contribution in [3.05, 3.63) is 52.6 Å². The first kappa shape index (κ1) is 13.4. The van der Waals surface area contributed by atoms with Crippen molar-refractivity contribution in [3.8, 4) is 0 Å². The van der Waals surface area contributed by atoms with E-state index in [0.29, 0.717) is 10.9 Å². The first-order chi connectivity index (χ1) is 11.9. The van der Waals surface area contributed by atoms with Crippen molar-refractivity contribution in [2.24, 2.45) is 0 Å². The number of nitrogens with zero attached hydrogens (tertiary/aromatic N) is 2. The Kier molecular flexibility index (Phi) is 2.94. The number of amides is 2. The monoisotopic (exact) mass is 322 g/mol. The second-order valence-electron chi connectivity index (χ2n) is 5.84. The smallest absolute Gasteiger partial charge is 0.262 e. The maximum Gasteiger partial charge on any atom is 0.262 e. The summed E-state index contributed by atoms with van der Waals surface area (Å²) in [4.78, 5) is 41.2. The van der Waals surface area contributed by atoms with Crippen LogP contribution in [0, 0.1) is 6.92 Å². The number of carbonyl (C=O) groups is 2. The van der Waals surface area contributed by atoms with Crippen LogP contribution in [0.15, 0.2) is 41.2 Å². The summed E-state index contributed by atoms with van der Waals surface area (Å²) in [6, 6.07) is 9.28. The highest BCUT2D eigenvalue weighted by Gasteiger charge is 2.30. The molecule has 1 fully saturated rings. The number of fused-ring (bicyclic) bond motifs is 2. The largest absolute Gasteiger partial charge is 0.295 e. The Balaban J connectivity index is 2.02. The van der Waals surface area contributed by atoms with Gasteiger partial charge in [0.1, 0.15) is 11.8 Å². The van der Waals surface area contributed by atoms with Gasteiger partial charge in [0, 0.05) is 6.42 Å². The van der Waals surface area contributed by atoms with Gasteiger partial charge in [-0.3, -0.25) is 24.3 Å². The van der Waals surface area contributed by atoms with E-state index in [1.54, 1.807) is 13.0 Å². The highest BCUT2D eigenvalue weighted by molar-refractivity contribution is 6.00. The molecule has 4 rings (SSSR count). The van der Waals surface area contributed by atoms with E-state index in [2.05, 4.69) is 10.3 Å². The summed E-state index contributed by atoms with van der Waals surface area (Å²) in [6.45, 7) is 1.59. The Hall–Kier alpha value is -3.02. The van der Waals surface area contributed by atoms with Crippen LogP contribution in [0.1, 0.15) is 26.1 Å². The van der Waals surface area contributed by atoms with Gasteiger partial charge >= 0.3 is 0 Å².